The molecule has 2 rings (SSSR count). The summed E-state index contributed by atoms with van der Waals surface area (Å²) in [4.78, 5) is 0. The highest BCUT2D eigenvalue weighted by Crippen LogP contribution is 2.34. The molecule has 1 atom stereocenters. The first kappa shape index (κ1) is 9.48. The van der Waals surface area contributed by atoms with Gasteiger partial charge in [0.25, 0.3) is 0 Å². The van der Waals surface area contributed by atoms with Crippen molar-refractivity contribution in [1.82, 2.24) is 0 Å². The molecule has 2 heteroatoms. The van der Waals surface area contributed by atoms with E-state index in [0.717, 1.165) is 25.9 Å². The molecular weight excluding hydrogens is 191 g/mol. The van der Waals surface area contributed by atoms with Gasteiger partial charge in [-0.05, 0) is 24.2 Å². The second-order valence-corrected chi connectivity index (χ2v) is 4.50. The zero-order valence-electron chi connectivity index (χ0n) is 8.12. The third-order valence-electron chi connectivity index (χ3n) is 2.39. The third kappa shape index (κ3) is 1.73. The first-order valence-electron chi connectivity index (χ1n) is 4.67. The van der Waals surface area contributed by atoms with Crippen LogP contribution in [0.3, 0.4) is 0 Å². The summed E-state index contributed by atoms with van der Waals surface area (Å²) in [7, 11) is 0.841. The van der Waals surface area contributed by atoms with Crippen LogP contribution in [0.25, 0.3) is 5.57 Å². The zero-order valence-corrected chi connectivity index (χ0v) is 9.12. The zero-order chi connectivity index (χ0) is 9.97. The van der Waals surface area contributed by atoms with Gasteiger partial charge in [-0.3, -0.25) is 0 Å². The molecule has 1 aliphatic heterocycles. The predicted octanol–water partition coefficient (Wildman–Crippen LogP) is 3.29. The lowest BCUT2D eigenvalue weighted by molar-refractivity contribution is 0.469. The van der Waals surface area contributed by atoms with E-state index in [1.165, 1.54) is 5.57 Å². The minimum atomic E-state index is 0.429. The van der Waals surface area contributed by atoms with Crippen molar-refractivity contribution in [2.24, 2.45) is 0 Å². The summed E-state index contributed by atoms with van der Waals surface area (Å²) in [5.41, 5.74) is 3.18. The summed E-state index contributed by atoms with van der Waals surface area (Å²) in [6.45, 7) is 1.93. The Bertz CT molecular complexity index is 405. The largest absolute Gasteiger partial charge is 0.507 e. The van der Waals surface area contributed by atoms with Gasteiger partial charge in [-0.2, -0.15) is 0 Å². The molecule has 0 radical (unpaired) electrons. The Morgan fingerprint density at radius 1 is 1.36 bits per heavy atom. The van der Waals surface area contributed by atoms with Gasteiger partial charge in [0.2, 0.25) is 0 Å². The second kappa shape index (κ2) is 3.98. The molecule has 1 nitrogen and oxygen atoms in total. The summed E-state index contributed by atoms with van der Waals surface area (Å²) < 4.78 is 0. The van der Waals surface area contributed by atoms with Crippen LogP contribution in [0.4, 0.5) is 0 Å². The quantitative estimate of drug-likeness (QED) is 0.696. The summed E-state index contributed by atoms with van der Waals surface area (Å²) in [5, 5.41) is 9.89. The van der Waals surface area contributed by atoms with Gasteiger partial charge in [-0.1, -0.05) is 44.7 Å². The lowest BCUT2D eigenvalue weighted by Crippen LogP contribution is -1.90. The van der Waals surface area contributed by atoms with Crippen molar-refractivity contribution in [1.29, 1.82) is 0 Å². The summed E-state index contributed by atoms with van der Waals surface area (Å²) in [6.07, 6.45) is 5.21. The van der Waals surface area contributed by atoms with Crippen LogP contribution in [0.2, 0.25) is 0 Å². The van der Waals surface area contributed by atoms with E-state index in [-0.39, 0.29) is 0 Å². The van der Waals surface area contributed by atoms with Crippen LogP contribution in [0.15, 0.2) is 36.2 Å². The maximum Gasteiger partial charge on any atom is 0.125 e. The number of rotatable bonds is 1. The van der Waals surface area contributed by atoms with Crippen molar-refractivity contribution >= 4 is 14.2 Å². The Morgan fingerprint density at radius 3 is 2.93 bits per heavy atom. The topological polar surface area (TPSA) is 20.2 Å². The average molecular weight is 204 g/mol. The van der Waals surface area contributed by atoms with Crippen LogP contribution in [-0.4, -0.2) is 11.3 Å². The summed E-state index contributed by atoms with van der Waals surface area (Å²) in [6, 6.07) is 5.91. The van der Waals surface area contributed by atoms with E-state index in [0.29, 0.717) is 5.75 Å². The van der Waals surface area contributed by atoms with E-state index in [1.807, 2.05) is 25.1 Å². The lowest BCUT2D eigenvalue weighted by atomic mass is 10.0. The van der Waals surface area contributed by atoms with Crippen molar-refractivity contribution in [2.75, 3.05) is 6.16 Å². The summed E-state index contributed by atoms with van der Waals surface area (Å²) in [5.74, 6) is 2.61. The van der Waals surface area contributed by atoms with Gasteiger partial charge >= 0.3 is 0 Å². The molecule has 72 valence electrons. The third-order valence-corrected chi connectivity index (χ3v) is 3.40. The molecule has 1 aliphatic rings. The van der Waals surface area contributed by atoms with Crippen LogP contribution in [0, 0.1) is 6.92 Å². The minimum absolute atomic E-state index is 0.429. The fourth-order valence-corrected chi connectivity index (χ4v) is 2.44. The standard InChI is InChI=1S/C12H13OP/c1-9-4-2-6-11(12(9)13)10-5-3-7-14-8-10/h2-7,13-14H,8H2,1H3. The van der Waals surface area contributed by atoms with E-state index in [9.17, 15) is 5.11 Å². The van der Waals surface area contributed by atoms with Crippen LogP contribution >= 0.6 is 8.58 Å². The Hall–Kier alpha value is -1.07. The molecule has 0 bridgehead atoms. The number of hydrogen-bond acceptors (Lipinski definition) is 1. The van der Waals surface area contributed by atoms with Crippen LogP contribution < -0.4 is 0 Å². The fourth-order valence-electron chi connectivity index (χ4n) is 1.56. The van der Waals surface area contributed by atoms with Gasteiger partial charge < -0.3 is 5.11 Å². The van der Waals surface area contributed by atoms with E-state index in [2.05, 4.69) is 18.0 Å². The van der Waals surface area contributed by atoms with Crippen LogP contribution in [0.1, 0.15) is 11.1 Å². The molecule has 0 spiro atoms. The molecule has 1 N–H and O–H groups in total. The van der Waals surface area contributed by atoms with Crippen molar-refractivity contribution in [3.63, 3.8) is 0 Å². The molecule has 14 heavy (non-hydrogen) atoms. The molecule has 1 heterocycles. The number of hydrogen-bond donors (Lipinski definition) is 1. The molecular formula is C12H13OP. The molecule has 0 saturated carbocycles. The Balaban J connectivity index is 2.45. The first-order valence-corrected chi connectivity index (χ1v) is 5.95. The van der Waals surface area contributed by atoms with Gasteiger partial charge in [0.15, 0.2) is 0 Å². The number of allylic oxidation sites excluding steroid dienone is 3. The molecule has 1 aromatic rings. The van der Waals surface area contributed by atoms with Gasteiger partial charge in [0.05, 0.1) is 0 Å². The molecule has 1 aromatic carbocycles. The monoisotopic (exact) mass is 204 g/mol. The number of aromatic hydroxyl groups is 1. The van der Waals surface area contributed by atoms with Crippen molar-refractivity contribution < 1.29 is 5.11 Å². The first-order chi connectivity index (χ1) is 6.79. The number of phenols is 1. The average Bonchev–Trinajstić information content (AvgIpc) is 2.23. The van der Waals surface area contributed by atoms with Crippen molar-refractivity contribution in [3.8, 4) is 5.75 Å². The maximum absolute atomic E-state index is 9.89. The van der Waals surface area contributed by atoms with Crippen molar-refractivity contribution in [2.45, 2.75) is 6.92 Å². The summed E-state index contributed by atoms with van der Waals surface area (Å²) >= 11 is 0. The number of para-hydroxylation sites is 1. The van der Waals surface area contributed by atoms with E-state index >= 15 is 0 Å². The highest BCUT2D eigenvalue weighted by molar-refractivity contribution is 7.42. The van der Waals surface area contributed by atoms with Crippen LogP contribution in [-0.2, 0) is 0 Å². The molecule has 1 unspecified atom stereocenters. The maximum atomic E-state index is 9.89. The van der Waals surface area contributed by atoms with E-state index < -0.39 is 0 Å². The minimum Gasteiger partial charge on any atom is -0.507 e. The normalized spacial score (nSPS) is 17.1. The molecule has 0 aliphatic carbocycles. The molecule has 0 aromatic heterocycles. The molecule has 0 fully saturated rings. The Morgan fingerprint density at radius 2 is 2.21 bits per heavy atom. The molecule has 0 saturated heterocycles. The predicted molar refractivity (Wildman–Crippen MR) is 63.1 cm³/mol. The lowest BCUT2D eigenvalue weighted by Gasteiger charge is -2.12. The van der Waals surface area contributed by atoms with E-state index in [1.54, 1.807) is 0 Å². The smallest absolute Gasteiger partial charge is 0.125 e. The van der Waals surface area contributed by atoms with Gasteiger partial charge in [-0.25, -0.2) is 0 Å². The fraction of sp³-hybridized carbons (Fsp3) is 0.167. The van der Waals surface area contributed by atoms with Crippen LogP contribution in [0.5, 0.6) is 5.75 Å². The molecule has 0 amide bonds. The highest BCUT2D eigenvalue weighted by Gasteiger charge is 2.09. The number of benzene rings is 1. The number of aryl methyl sites for hydroxylation is 1. The van der Waals surface area contributed by atoms with Gasteiger partial charge in [-0.15, -0.1) is 0 Å². The highest BCUT2D eigenvalue weighted by atomic mass is 31.1. The van der Waals surface area contributed by atoms with E-state index in [4.69, 9.17) is 0 Å². The Labute approximate surface area is 85.9 Å². The Kier molecular flexibility index (Phi) is 2.69. The SMILES string of the molecule is Cc1cccc(C2=CC=CPC2)c1O. The van der Waals surface area contributed by atoms with Gasteiger partial charge in [0.1, 0.15) is 5.75 Å². The van der Waals surface area contributed by atoms with Crippen molar-refractivity contribution in [3.05, 3.63) is 47.3 Å². The second-order valence-electron chi connectivity index (χ2n) is 3.40. The van der Waals surface area contributed by atoms with Gasteiger partial charge in [0, 0.05) is 5.56 Å². The number of phenolic OH excluding ortho intramolecular Hbond substituents is 1.